The number of hydrogen-bond donors (Lipinski definition) is 3. The molecule has 1 fully saturated rings. The predicted octanol–water partition coefficient (Wildman–Crippen LogP) is 1.30. The highest BCUT2D eigenvalue weighted by molar-refractivity contribution is 5.78. The smallest absolute Gasteiger partial charge is 0.303 e. The molecule has 0 aromatic carbocycles. The third kappa shape index (κ3) is 5.04. The average molecular weight is 257 g/mol. The largest absolute Gasteiger partial charge is 0.481 e. The Morgan fingerprint density at radius 1 is 1.22 bits per heavy atom. The van der Waals surface area contributed by atoms with Gasteiger partial charge in [0.2, 0.25) is 5.91 Å². The summed E-state index contributed by atoms with van der Waals surface area (Å²) in [6.07, 6.45) is 4.48. The summed E-state index contributed by atoms with van der Waals surface area (Å²) in [6.45, 7) is 1.83. The van der Waals surface area contributed by atoms with E-state index < -0.39 is 12.1 Å². The summed E-state index contributed by atoms with van der Waals surface area (Å²) in [6, 6.07) is 0. The molecule has 104 valence electrons. The normalized spacial score (nSPS) is 20.1. The lowest BCUT2D eigenvalue weighted by atomic mass is 9.69. The van der Waals surface area contributed by atoms with E-state index in [0.29, 0.717) is 0 Å². The Labute approximate surface area is 108 Å². The van der Waals surface area contributed by atoms with Gasteiger partial charge in [-0.25, -0.2) is 0 Å². The maximum Gasteiger partial charge on any atom is 0.303 e. The molecule has 0 heterocycles. The second-order valence-electron chi connectivity index (χ2n) is 5.46. The van der Waals surface area contributed by atoms with Crippen LogP contribution in [0.2, 0.25) is 0 Å². The summed E-state index contributed by atoms with van der Waals surface area (Å²) in [5.41, 5.74) is -0.382. The van der Waals surface area contributed by atoms with Gasteiger partial charge in [-0.05, 0) is 25.2 Å². The van der Waals surface area contributed by atoms with E-state index in [1.54, 1.807) is 6.92 Å². The Hall–Kier alpha value is -1.10. The highest BCUT2D eigenvalue weighted by atomic mass is 16.4. The molecule has 0 radical (unpaired) electrons. The molecule has 0 unspecified atom stereocenters. The second kappa shape index (κ2) is 6.73. The third-order valence-electron chi connectivity index (χ3n) is 3.57. The van der Waals surface area contributed by atoms with Gasteiger partial charge in [0.05, 0.1) is 12.5 Å². The van der Waals surface area contributed by atoms with Gasteiger partial charge in [-0.15, -0.1) is 0 Å². The minimum absolute atomic E-state index is 0.0646. The van der Waals surface area contributed by atoms with E-state index in [2.05, 4.69) is 5.32 Å². The van der Waals surface area contributed by atoms with E-state index in [4.69, 9.17) is 10.2 Å². The van der Waals surface area contributed by atoms with Crippen molar-refractivity contribution in [3.05, 3.63) is 0 Å². The van der Waals surface area contributed by atoms with Gasteiger partial charge >= 0.3 is 5.97 Å². The number of hydrogen-bond acceptors (Lipinski definition) is 3. The summed E-state index contributed by atoms with van der Waals surface area (Å²) in [5.74, 6) is -0.987. The number of carboxylic acids is 1. The minimum atomic E-state index is -0.833. The molecule has 1 aliphatic carbocycles. The maximum atomic E-state index is 11.8. The summed E-state index contributed by atoms with van der Waals surface area (Å²) in [5, 5.41) is 20.7. The van der Waals surface area contributed by atoms with Gasteiger partial charge in [0.15, 0.2) is 0 Å². The molecule has 0 aromatic heterocycles. The van der Waals surface area contributed by atoms with Gasteiger partial charge in [-0.1, -0.05) is 19.3 Å². The lowest BCUT2D eigenvalue weighted by Crippen LogP contribution is -2.37. The van der Waals surface area contributed by atoms with Crippen molar-refractivity contribution in [1.82, 2.24) is 5.32 Å². The Bertz CT molecular complexity index is 295. The van der Waals surface area contributed by atoms with Crippen molar-refractivity contribution in [1.29, 1.82) is 0 Å². The van der Waals surface area contributed by atoms with Gasteiger partial charge in [0, 0.05) is 13.0 Å². The van der Waals surface area contributed by atoms with Crippen LogP contribution in [-0.2, 0) is 9.59 Å². The van der Waals surface area contributed by atoms with E-state index in [9.17, 15) is 9.59 Å². The highest BCUT2D eigenvalue weighted by Gasteiger charge is 2.36. The minimum Gasteiger partial charge on any atom is -0.481 e. The van der Waals surface area contributed by atoms with Crippen LogP contribution in [0.3, 0.4) is 0 Å². The van der Waals surface area contributed by atoms with Gasteiger partial charge < -0.3 is 15.5 Å². The molecule has 0 aliphatic heterocycles. The number of aliphatic carboxylic acids is 1. The zero-order valence-electron chi connectivity index (χ0n) is 10.9. The molecule has 5 heteroatoms. The van der Waals surface area contributed by atoms with Crippen LogP contribution in [0.25, 0.3) is 0 Å². The van der Waals surface area contributed by atoms with Crippen molar-refractivity contribution < 1.29 is 19.8 Å². The van der Waals surface area contributed by atoms with Crippen LogP contribution in [0, 0.1) is 5.41 Å². The van der Waals surface area contributed by atoms with E-state index in [1.165, 1.54) is 0 Å². The topological polar surface area (TPSA) is 86.6 Å². The first-order chi connectivity index (χ1) is 8.43. The molecule has 5 nitrogen and oxygen atoms in total. The zero-order valence-corrected chi connectivity index (χ0v) is 10.9. The van der Waals surface area contributed by atoms with E-state index in [-0.39, 0.29) is 30.7 Å². The molecule has 0 spiro atoms. The standard InChI is InChI=1S/C13H23NO4/c1-10(15)9-14-11(16)7-13(8-12(17)18)5-3-2-4-6-13/h10,15H,2-9H2,1H3,(H,14,16)(H,17,18)/t10-/m1/s1. The number of carbonyl (C=O) groups excluding carboxylic acids is 1. The Kier molecular flexibility index (Phi) is 5.59. The Morgan fingerprint density at radius 2 is 1.83 bits per heavy atom. The van der Waals surface area contributed by atoms with Crippen LogP contribution in [-0.4, -0.2) is 34.7 Å². The van der Waals surface area contributed by atoms with E-state index in [1.807, 2.05) is 0 Å². The van der Waals surface area contributed by atoms with Crippen LogP contribution in [0.1, 0.15) is 51.9 Å². The van der Waals surface area contributed by atoms with Crippen LogP contribution >= 0.6 is 0 Å². The quantitative estimate of drug-likeness (QED) is 0.669. The zero-order chi connectivity index (χ0) is 13.6. The number of carbonyl (C=O) groups is 2. The lowest BCUT2D eigenvalue weighted by molar-refractivity contribution is -0.141. The number of rotatable bonds is 6. The molecule has 1 aliphatic rings. The van der Waals surface area contributed by atoms with E-state index in [0.717, 1.165) is 32.1 Å². The van der Waals surface area contributed by atoms with Crippen LogP contribution in [0.4, 0.5) is 0 Å². The molecule has 0 bridgehead atoms. The maximum absolute atomic E-state index is 11.8. The van der Waals surface area contributed by atoms with Crippen molar-refractivity contribution in [2.75, 3.05) is 6.54 Å². The number of amides is 1. The fourth-order valence-corrected chi connectivity index (χ4v) is 2.70. The fourth-order valence-electron chi connectivity index (χ4n) is 2.70. The molecule has 1 atom stereocenters. The van der Waals surface area contributed by atoms with Crippen molar-refractivity contribution in [2.24, 2.45) is 5.41 Å². The van der Waals surface area contributed by atoms with Gasteiger partial charge in [0.1, 0.15) is 0 Å². The fraction of sp³-hybridized carbons (Fsp3) is 0.846. The SMILES string of the molecule is C[C@@H](O)CNC(=O)CC1(CC(=O)O)CCCCC1. The molecule has 1 rings (SSSR count). The number of carboxylic acid groups (broad SMARTS) is 1. The summed E-state index contributed by atoms with van der Waals surface area (Å²) >= 11 is 0. The molecular formula is C13H23NO4. The van der Waals surface area contributed by atoms with Crippen molar-refractivity contribution in [2.45, 2.75) is 58.0 Å². The Balaban J connectivity index is 2.55. The average Bonchev–Trinajstić information content (AvgIpc) is 2.26. The highest BCUT2D eigenvalue weighted by Crippen LogP contribution is 2.42. The van der Waals surface area contributed by atoms with Gasteiger partial charge in [-0.3, -0.25) is 9.59 Å². The second-order valence-corrected chi connectivity index (χ2v) is 5.46. The molecule has 0 aromatic rings. The number of nitrogens with one attached hydrogen (secondary N) is 1. The molecule has 3 N–H and O–H groups in total. The van der Waals surface area contributed by atoms with Gasteiger partial charge in [-0.2, -0.15) is 0 Å². The first kappa shape index (κ1) is 15.0. The third-order valence-corrected chi connectivity index (χ3v) is 3.57. The summed E-state index contributed by atoms with van der Waals surface area (Å²) in [7, 11) is 0. The first-order valence-corrected chi connectivity index (χ1v) is 6.60. The monoisotopic (exact) mass is 257 g/mol. The molecule has 0 saturated heterocycles. The molecule has 18 heavy (non-hydrogen) atoms. The molecule has 1 saturated carbocycles. The summed E-state index contributed by atoms with van der Waals surface area (Å²) < 4.78 is 0. The lowest BCUT2D eigenvalue weighted by Gasteiger charge is -2.35. The van der Waals surface area contributed by atoms with Crippen LogP contribution in [0.15, 0.2) is 0 Å². The van der Waals surface area contributed by atoms with E-state index >= 15 is 0 Å². The van der Waals surface area contributed by atoms with Crippen molar-refractivity contribution >= 4 is 11.9 Å². The number of aliphatic hydroxyl groups excluding tert-OH is 1. The predicted molar refractivity (Wildman–Crippen MR) is 67.1 cm³/mol. The molecule has 1 amide bonds. The first-order valence-electron chi connectivity index (χ1n) is 6.60. The van der Waals surface area contributed by atoms with Gasteiger partial charge in [0.25, 0.3) is 0 Å². The number of aliphatic hydroxyl groups is 1. The van der Waals surface area contributed by atoms with Crippen LogP contribution in [0.5, 0.6) is 0 Å². The van der Waals surface area contributed by atoms with Crippen molar-refractivity contribution in [3.8, 4) is 0 Å². The summed E-state index contributed by atoms with van der Waals surface area (Å²) in [4.78, 5) is 22.7. The Morgan fingerprint density at radius 3 is 2.33 bits per heavy atom. The molecular weight excluding hydrogens is 234 g/mol. The van der Waals surface area contributed by atoms with Crippen LogP contribution < -0.4 is 5.32 Å². The van der Waals surface area contributed by atoms with Crippen molar-refractivity contribution in [3.63, 3.8) is 0 Å².